The van der Waals surface area contributed by atoms with Crippen molar-refractivity contribution in [2.45, 2.75) is 25.3 Å². The van der Waals surface area contributed by atoms with Gasteiger partial charge in [0, 0.05) is 19.0 Å². The van der Waals surface area contributed by atoms with Gasteiger partial charge >= 0.3 is 0 Å². The minimum absolute atomic E-state index is 0.0243. The zero-order valence-electron chi connectivity index (χ0n) is 7.34. The zero-order valence-corrected chi connectivity index (χ0v) is 7.34. The monoisotopic (exact) mass is 178 g/mol. The number of likely N-dealkylation sites (tertiary alicyclic amines) is 1. The van der Waals surface area contributed by atoms with E-state index in [1.807, 2.05) is 7.05 Å². The fraction of sp³-hybridized carbons (Fsp3) is 1.00. The van der Waals surface area contributed by atoms with E-state index in [4.69, 9.17) is 5.73 Å². The molecule has 1 heterocycles. The molecule has 0 bridgehead atoms. The maximum atomic E-state index is 12.0. The van der Waals surface area contributed by atoms with Crippen LogP contribution in [-0.2, 0) is 0 Å². The van der Waals surface area contributed by atoms with E-state index in [2.05, 4.69) is 4.90 Å². The van der Waals surface area contributed by atoms with Gasteiger partial charge in [-0.05, 0) is 25.9 Å². The van der Waals surface area contributed by atoms with E-state index < -0.39 is 6.43 Å². The maximum absolute atomic E-state index is 12.0. The lowest BCUT2D eigenvalue weighted by molar-refractivity contribution is 0.0788. The van der Waals surface area contributed by atoms with E-state index in [0.29, 0.717) is 6.54 Å². The largest absolute Gasteiger partial charge is 0.327 e. The molecule has 1 aliphatic rings. The predicted octanol–water partition coefficient (Wildman–Crippen LogP) is 0.921. The van der Waals surface area contributed by atoms with Gasteiger partial charge in [0.15, 0.2) is 0 Å². The highest BCUT2D eigenvalue weighted by Crippen LogP contribution is 2.20. The van der Waals surface area contributed by atoms with Crippen molar-refractivity contribution in [3.63, 3.8) is 0 Å². The lowest BCUT2D eigenvalue weighted by Crippen LogP contribution is -2.46. The lowest BCUT2D eigenvalue weighted by Gasteiger charge is -2.34. The van der Waals surface area contributed by atoms with E-state index in [9.17, 15) is 8.78 Å². The Kier molecular flexibility index (Phi) is 3.40. The summed E-state index contributed by atoms with van der Waals surface area (Å²) in [6.07, 6.45) is -1.42. The Balaban J connectivity index is 2.38. The normalized spacial score (nSPS) is 32.8. The second-order valence-corrected chi connectivity index (χ2v) is 3.60. The topological polar surface area (TPSA) is 29.3 Å². The van der Waals surface area contributed by atoms with Crippen molar-refractivity contribution in [1.29, 1.82) is 0 Å². The molecule has 4 heteroatoms. The SMILES string of the molecule is CN1CCC(N)C(CC(F)F)C1. The Bertz CT molecular complexity index is 139. The van der Waals surface area contributed by atoms with E-state index >= 15 is 0 Å². The van der Waals surface area contributed by atoms with Crippen molar-refractivity contribution in [2.24, 2.45) is 11.7 Å². The number of alkyl halides is 2. The Labute approximate surface area is 71.7 Å². The van der Waals surface area contributed by atoms with Gasteiger partial charge in [-0.25, -0.2) is 8.78 Å². The van der Waals surface area contributed by atoms with Gasteiger partial charge in [-0.1, -0.05) is 0 Å². The molecule has 0 spiro atoms. The molecule has 0 saturated carbocycles. The number of piperidine rings is 1. The van der Waals surface area contributed by atoms with Gasteiger partial charge in [-0.2, -0.15) is 0 Å². The van der Waals surface area contributed by atoms with Crippen molar-refractivity contribution in [1.82, 2.24) is 4.90 Å². The first kappa shape index (κ1) is 9.86. The third-order valence-corrected chi connectivity index (χ3v) is 2.48. The highest BCUT2D eigenvalue weighted by atomic mass is 19.3. The number of hydrogen-bond donors (Lipinski definition) is 1. The fourth-order valence-corrected chi connectivity index (χ4v) is 1.71. The average molecular weight is 178 g/mol. The molecule has 72 valence electrons. The van der Waals surface area contributed by atoms with E-state index in [1.165, 1.54) is 0 Å². The summed E-state index contributed by atoms with van der Waals surface area (Å²) in [4.78, 5) is 2.07. The second-order valence-electron chi connectivity index (χ2n) is 3.60. The van der Waals surface area contributed by atoms with Crippen LogP contribution in [0, 0.1) is 5.92 Å². The molecule has 2 N–H and O–H groups in total. The molecule has 2 unspecified atom stereocenters. The molecule has 0 amide bonds. The Morgan fingerprint density at radius 1 is 1.58 bits per heavy atom. The van der Waals surface area contributed by atoms with Crippen molar-refractivity contribution in [3.8, 4) is 0 Å². The Hall–Kier alpha value is -0.220. The van der Waals surface area contributed by atoms with Gasteiger partial charge < -0.3 is 10.6 Å². The minimum atomic E-state index is -2.22. The molecule has 12 heavy (non-hydrogen) atoms. The number of hydrogen-bond acceptors (Lipinski definition) is 2. The van der Waals surface area contributed by atoms with E-state index in [1.54, 1.807) is 0 Å². The molecule has 1 saturated heterocycles. The van der Waals surface area contributed by atoms with Gasteiger partial charge in [0.2, 0.25) is 6.43 Å². The van der Waals surface area contributed by atoms with Gasteiger partial charge in [0.05, 0.1) is 0 Å². The smallest absolute Gasteiger partial charge is 0.239 e. The third-order valence-electron chi connectivity index (χ3n) is 2.48. The number of rotatable bonds is 2. The van der Waals surface area contributed by atoms with E-state index in [0.717, 1.165) is 13.0 Å². The predicted molar refractivity (Wildman–Crippen MR) is 44.2 cm³/mol. The van der Waals surface area contributed by atoms with Crippen LogP contribution in [0.25, 0.3) is 0 Å². The summed E-state index contributed by atoms with van der Waals surface area (Å²) in [7, 11) is 1.95. The molecule has 1 aliphatic heterocycles. The molecule has 1 rings (SSSR count). The molecule has 0 aromatic carbocycles. The Morgan fingerprint density at radius 2 is 2.25 bits per heavy atom. The van der Waals surface area contributed by atoms with Gasteiger partial charge in [-0.15, -0.1) is 0 Å². The van der Waals surface area contributed by atoms with Gasteiger partial charge in [0.1, 0.15) is 0 Å². The summed E-state index contributed by atoms with van der Waals surface area (Å²) in [5, 5.41) is 0. The molecular formula is C8H16F2N2. The first-order valence-corrected chi connectivity index (χ1v) is 4.32. The van der Waals surface area contributed by atoms with Crippen LogP contribution in [0.3, 0.4) is 0 Å². The number of nitrogens with zero attached hydrogens (tertiary/aromatic N) is 1. The van der Waals surface area contributed by atoms with Crippen LogP contribution in [0.4, 0.5) is 8.78 Å². The first-order valence-electron chi connectivity index (χ1n) is 4.32. The summed E-state index contributed by atoms with van der Waals surface area (Å²) in [6, 6.07) is -0.0322. The quantitative estimate of drug-likeness (QED) is 0.681. The fourth-order valence-electron chi connectivity index (χ4n) is 1.71. The van der Waals surface area contributed by atoms with Crippen molar-refractivity contribution in [3.05, 3.63) is 0 Å². The summed E-state index contributed by atoms with van der Waals surface area (Å²) in [5.74, 6) is -0.0243. The molecule has 2 nitrogen and oxygen atoms in total. The molecule has 2 atom stereocenters. The first-order chi connectivity index (χ1) is 5.59. The summed E-state index contributed by atoms with van der Waals surface area (Å²) >= 11 is 0. The van der Waals surface area contributed by atoms with Crippen molar-refractivity contribution < 1.29 is 8.78 Å². The standard InChI is InChI=1S/C8H16F2N2/c1-12-3-2-7(11)6(5-12)4-8(9)10/h6-8H,2-5,11H2,1H3. The molecule has 0 aromatic rings. The Morgan fingerprint density at radius 3 is 2.83 bits per heavy atom. The maximum Gasteiger partial charge on any atom is 0.239 e. The van der Waals surface area contributed by atoms with Crippen LogP contribution in [0.1, 0.15) is 12.8 Å². The number of halogens is 2. The minimum Gasteiger partial charge on any atom is -0.327 e. The van der Waals surface area contributed by atoms with Crippen molar-refractivity contribution in [2.75, 3.05) is 20.1 Å². The van der Waals surface area contributed by atoms with Crippen molar-refractivity contribution >= 4 is 0 Å². The summed E-state index contributed by atoms with van der Waals surface area (Å²) in [6.45, 7) is 1.65. The van der Waals surface area contributed by atoms with Crippen LogP contribution in [-0.4, -0.2) is 37.5 Å². The molecule has 1 fully saturated rings. The van der Waals surface area contributed by atoms with Crippen LogP contribution in [0.2, 0.25) is 0 Å². The number of nitrogens with two attached hydrogens (primary N) is 1. The molecule has 0 aromatic heterocycles. The van der Waals surface area contributed by atoms with Crippen LogP contribution in [0.15, 0.2) is 0 Å². The van der Waals surface area contributed by atoms with Crippen LogP contribution < -0.4 is 5.73 Å². The van der Waals surface area contributed by atoms with E-state index in [-0.39, 0.29) is 18.4 Å². The third kappa shape index (κ3) is 2.68. The summed E-state index contributed by atoms with van der Waals surface area (Å²) < 4.78 is 24.1. The lowest BCUT2D eigenvalue weighted by atomic mass is 9.90. The molecule has 0 aliphatic carbocycles. The van der Waals surface area contributed by atoms with Crippen LogP contribution in [0.5, 0.6) is 0 Å². The molecular weight excluding hydrogens is 162 g/mol. The van der Waals surface area contributed by atoms with Crippen LogP contribution >= 0.6 is 0 Å². The average Bonchev–Trinajstić information content (AvgIpc) is 1.96. The second kappa shape index (κ2) is 4.14. The zero-order chi connectivity index (χ0) is 9.14. The summed E-state index contributed by atoms with van der Waals surface area (Å²) in [5.41, 5.74) is 5.73. The van der Waals surface area contributed by atoms with Gasteiger partial charge in [0.25, 0.3) is 0 Å². The van der Waals surface area contributed by atoms with Gasteiger partial charge in [-0.3, -0.25) is 0 Å². The highest BCUT2D eigenvalue weighted by molar-refractivity contribution is 4.81. The molecule has 0 radical (unpaired) electrons. The highest BCUT2D eigenvalue weighted by Gasteiger charge is 2.27.